The van der Waals surface area contributed by atoms with E-state index in [0.29, 0.717) is 6.61 Å². The van der Waals surface area contributed by atoms with Crippen molar-refractivity contribution in [2.45, 2.75) is 39.1 Å². The van der Waals surface area contributed by atoms with Gasteiger partial charge in [0, 0.05) is 0 Å². The van der Waals surface area contributed by atoms with E-state index in [-0.39, 0.29) is 6.10 Å². The van der Waals surface area contributed by atoms with Crippen molar-refractivity contribution in [1.29, 1.82) is 5.26 Å². The number of ether oxygens (including phenoxy) is 2. The highest BCUT2D eigenvalue weighted by Crippen LogP contribution is 2.22. The highest BCUT2D eigenvalue weighted by Gasteiger charge is 2.18. The van der Waals surface area contributed by atoms with Crippen LogP contribution < -0.4 is 4.74 Å². The summed E-state index contributed by atoms with van der Waals surface area (Å²) >= 11 is 0. The van der Waals surface area contributed by atoms with E-state index in [1.165, 1.54) is 0 Å². The molecule has 0 saturated carbocycles. The van der Waals surface area contributed by atoms with Crippen LogP contribution in [0.1, 0.15) is 32.4 Å². The molecule has 0 saturated heterocycles. The molecule has 1 aromatic carbocycles. The predicted molar refractivity (Wildman–Crippen MR) is 68.2 cm³/mol. The van der Waals surface area contributed by atoms with Gasteiger partial charge in [-0.15, -0.1) is 0 Å². The fraction of sp³-hybridized carbons (Fsp3) is 0.500. The summed E-state index contributed by atoms with van der Waals surface area (Å²) in [6.45, 7) is 5.90. The lowest BCUT2D eigenvalue weighted by molar-refractivity contribution is -0.0426. The van der Waals surface area contributed by atoms with E-state index < -0.39 is 12.2 Å². The molecular weight excluding hydrogens is 230 g/mol. The Hall–Kier alpha value is -1.57. The molecule has 0 fully saturated rings. The Bertz CT molecular complexity index is 394. The molecule has 0 aliphatic carbocycles. The molecule has 1 rings (SSSR count). The summed E-state index contributed by atoms with van der Waals surface area (Å²) in [5, 5.41) is 18.5. The zero-order chi connectivity index (χ0) is 13.5. The fourth-order valence-electron chi connectivity index (χ4n) is 1.42. The summed E-state index contributed by atoms with van der Waals surface area (Å²) in [6, 6.07) is 9.29. The maximum atomic E-state index is 9.37. The standard InChI is InChI=1S/C14H19NO3/c1-4-17-13-7-5-12(6-8-13)14(9-15)18-11(3)10(2)16/h5-8,10-11,14,16H,4H2,1-3H3. The summed E-state index contributed by atoms with van der Waals surface area (Å²) in [5.41, 5.74) is 0.758. The van der Waals surface area contributed by atoms with Crippen LogP contribution in [0.15, 0.2) is 24.3 Å². The summed E-state index contributed by atoms with van der Waals surface area (Å²) in [4.78, 5) is 0. The van der Waals surface area contributed by atoms with Gasteiger partial charge in [-0.05, 0) is 38.5 Å². The fourth-order valence-corrected chi connectivity index (χ4v) is 1.42. The Morgan fingerprint density at radius 1 is 1.28 bits per heavy atom. The predicted octanol–water partition coefficient (Wildman–Crippen LogP) is 2.44. The summed E-state index contributed by atoms with van der Waals surface area (Å²) in [5.74, 6) is 0.765. The van der Waals surface area contributed by atoms with Gasteiger partial charge in [0.25, 0.3) is 0 Å². The van der Waals surface area contributed by atoms with Crippen LogP contribution in [-0.4, -0.2) is 23.9 Å². The average Bonchev–Trinajstić information content (AvgIpc) is 2.37. The smallest absolute Gasteiger partial charge is 0.169 e. The first-order chi connectivity index (χ1) is 8.58. The molecule has 0 aromatic heterocycles. The van der Waals surface area contributed by atoms with Crippen molar-refractivity contribution in [1.82, 2.24) is 0 Å². The molecule has 0 bridgehead atoms. The quantitative estimate of drug-likeness (QED) is 0.841. The van der Waals surface area contributed by atoms with Crippen molar-refractivity contribution in [2.75, 3.05) is 6.61 Å². The minimum absolute atomic E-state index is 0.388. The number of nitrogens with zero attached hydrogens (tertiary/aromatic N) is 1. The first kappa shape index (κ1) is 14.5. The lowest BCUT2D eigenvalue weighted by atomic mass is 10.1. The number of aliphatic hydroxyl groups excluding tert-OH is 1. The molecule has 0 aliphatic heterocycles. The normalized spacial score (nSPS) is 15.5. The molecule has 1 N–H and O–H groups in total. The Kier molecular flexibility index (Phi) is 5.63. The highest BCUT2D eigenvalue weighted by atomic mass is 16.5. The SMILES string of the molecule is CCOc1ccc(C(C#N)OC(C)C(C)O)cc1. The van der Waals surface area contributed by atoms with Crippen LogP contribution in [0.25, 0.3) is 0 Å². The number of hydrogen-bond acceptors (Lipinski definition) is 4. The molecule has 0 heterocycles. The zero-order valence-corrected chi connectivity index (χ0v) is 11.0. The van der Waals surface area contributed by atoms with Crippen LogP contribution in [-0.2, 0) is 4.74 Å². The van der Waals surface area contributed by atoms with Crippen LogP contribution in [0, 0.1) is 11.3 Å². The van der Waals surface area contributed by atoms with Crippen molar-refractivity contribution in [3.05, 3.63) is 29.8 Å². The molecule has 4 heteroatoms. The van der Waals surface area contributed by atoms with E-state index >= 15 is 0 Å². The van der Waals surface area contributed by atoms with Crippen molar-refractivity contribution in [2.24, 2.45) is 0 Å². The van der Waals surface area contributed by atoms with Gasteiger partial charge < -0.3 is 14.6 Å². The maximum absolute atomic E-state index is 9.37. The Morgan fingerprint density at radius 3 is 2.33 bits per heavy atom. The van der Waals surface area contributed by atoms with Gasteiger partial charge in [0.2, 0.25) is 0 Å². The van der Waals surface area contributed by atoms with Gasteiger partial charge in [0.15, 0.2) is 6.10 Å². The lowest BCUT2D eigenvalue weighted by Gasteiger charge is -2.19. The van der Waals surface area contributed by atoms with Gasteiger partial charge in [-0.1, -0.05) is 12.1 Å². The van der Waals surface area contributed by atoms with E-state index in [1.54, 1.807) is 38.1 Å². The second-order valence-corrected chi connectivity index (χ2v) is 4.09. The molecular formula is C14H19NO3. The molecule has 0 spiro atoms. The Morgan fingerprint density at radius 2 is 1.89 bits per heavy atom. The van der Waals surface area contributed by atoms with E-state index in [9.17, 15) is 5.11 Å². The largest absolute Gasteiger partial charge is 0.494 e. The number of aliphatic hydroxyl groups is 1. The maximum Gasteiger partial charge on any atom is 0.169 e. The summed E-state index contributed by atoms with van der Waals surface area (Å²) < 4.78 is 10.8. The molecule has 0 amide bonds. The average molecular weight is 249 g/mol. The van der Waals surface area contributed by atoms with Gasteiger partial charge in [0.1, 0.15) is 5.75 Å². The topological polar surface area (TPSA) is 62.5 Å². The van der Waals surface area contributed by atoms with Crippen molar-refractivity contribution in [3.63, 3.8) is 0 Å². The lowest BCUT2D eigenvalue weighted by Crippen LogP contribution is -2.24. The van der Waals surface area contributed by atoms with Crippen molar-refractivity contribution < 1.29 is 14.6 Å². The summed E-state index contributed by atoms with van der Waals surface area (Å²) in [7, 11) is 0. The van der Waals surface area contributed by atoms with Crippen LogP contribution >= 0.6 is 0 Å². The second-order valence-electron chi connectivity index (χ2n) is 4.09. The third-order valence-electron chi connectivity index (χ3n) is 2.64. The molecule has 0 radical (unpaired) electrons. The van der Waals surface area contributed by atoms with Crippen molar-refractivity contribution >= 4 is 0 Å². The van der Waals surface area contributed by atoms with Gasteiger partial charge >= 0.3 is 0 Å². The van der Waals surface area contributed by atoms with E-state index in [2.05, 4.69) is 6.07 Å². The number of hydrogen-bond donors (Lipinski definition) is 1. The van der Waals surface area contributed by atoms with E-state index in [0.717, 1.165) is 11.3 Å². The number of rotatable bonds is 6. The molecule has 4 nitrogen and oxygen atoms in total. The monoisotopic (exact) mass is 249 g/mol. The second kappa shape index (κ2) is 7.00. The third-order valence-corrected chi connectivity index (χ3v) is 2.64. The number of nitriles is 1. The Labute approximate surface area is 108 Å². The molecule has 3 unspecified atom stereocenters. The van der Waals surface area contributed by atoms with Crippen molar-refractivity contribution in [3.8, 4) is 11.8 Å². The van der Waals surface area contributed by atoms with E-state index in [1.807, 2.05) is 6.92 Å². The first-order valence-corrected chi connectivity index (χ1v) is 6.04. The highest BCUT2D eigenvalue weighted by molar-refractivity contribution is 5.30. The minimum Gasteiger partial charge on any atom is -0.494 e. The minimum atomic E-state index is -0.676. The van der Waals surface area contributed by atoms with Crippen LogP contribution in [0.3, 0.4) is 0 Å². The number of benzene rings is 1. The summed E-state index contributed by atoms with van der Waals surface area (Å²) in [6.07, 6.45) is -1.67. The Balaban J connectivity index is 2.74. The third kappa shape index (κ3) is 4.02. The van der Waals surface area contributed by atoms with Crippen LogP contribution in [0.5, 0.6) is 5.75 Å². The van der Waals surface area contributed by atoms with Gasteiger partial charge in [-0.2, -0.15) is 5.26 Å². The van der Waals surface area contributed by atoms with Crippen LogP contribution in [0.4, 0.5) is 0 Å². The molecule has 98 valence electrons. The molecule has 3 atom stereocenters. The van der Waals surface area contributed by atoms with Crippen LogP contribution in [0.2, 0.25) is 0 Å². The molecule has 1 aromatic rings. The molecule has 18 heavy (non-hydrogen) atoms. The van der Waals surface area contributed by atoms with E-state index in [4.69, 9.17) is 14.7 Å². The van der Waals surface area contributed by atoms with Gasteiger partial charge in [-0.25, -0.2) is 0 Å². The van der Waals surface area contributed by atoms with Gasteiger partial charge in [0.05, 0.1) is 24.9 Å². The zero-order valence-electron chi connectivity index (χ0n) is 11.0. The molecule has 0 aliphatic rings. The first-order valence-electron chi connectivity index (χ1n) is 6.04. The van der Waals surface area contributed by atoms with Gasteiger partial charge in [-0.3, -0.25) is 0 Å².